The maximum absolute atomic E-state index is 12.6. The molecule has 0 aromatic carbocycles. The van der Waals surface area contributed by atoms with Crippen LogP contribution in [0.25, 0.3) is 5.52 Å². The number of hydrogen-bond donors (Lipinski definition) is 0. The number of carbonyl (C=O) groups is 1. The van der Waals surface area contributed by atoms with Gasteiger partial charge in [0.2, 0.25) is 0 Å². The van der Waals surface area contributed by atoms with Crippen molar-refractivity contribution in [3.8, 4) is 6.07 Å². The van der Waals surface area contributed by atoms with E-state index in [0.717, 1.165) is 16.9 Å². The molecule has 0 bridgehead atoms. The van der Waals surface area contributed by atoms with Gasteiger partial charge in [-0.15, -0.1) is 0 Å². The van der Waals surface area contributed by atoms with E-state index >= 15 is 0 Å². The largest absolute Gasteiger partial charge is 0.306 e. The Labute approximate surface area is 127 Å². The van der Waals surface area contributed by atoms with Crippen LogP contribution in [0.5, 0.6) is 0 Å². The zero-order valence-corrected chi connectivity index (χ0v) is 12.2. The van der Waals surface area contributed by atoms with Crippen LogP contribution < -0.4 is 0 Å². The summed E-state index contributed by atoms with van der Waals surface area (Å²) in [4.78, 5) is 25.1. The average Bonchev–Trinajstić information content (AvgIpc) is 2.94. The first-order chi connectivity index (χ1) is 10.6. The summed E-state index contributed by atoms with van der Waals surface area (Å²) in [6, 6.07) is 7.20. The number of hydrogen-bond acceptors (Lipinski definition) is 5. The maximum Gasteiger partial charge on any atom is 0.187 e. The number of nitriles is 1. The summed E-state index contributed by atoms with van der Waals surface area (Å²) in [5.41, 5.74) is 2.72. The third kappa shape index (κ3) is 2.44. The van der Waals surface area contributed by atoms with Crippen molar-refractivity contribution < 1.29 is 4.79 Å². The number of fused-ring (bicyclic) bond motifs is 1. The summed E-state index contributed by atoms with van der Waals surface area (Å²) < 4.78 is 1.80. The molecule has 1 atom stereocenters. The number of ketones is 1. The minimum absolute atomic E-state index is 0.249. The standard InChI is InChI=1S/C16H13N5O/c1-10-5-11(2)20-16(19-10)14(7-17)15(22)12-3-4-21-9-18-8-13(21)6-12/h3-6,8-9,14H,1-2H3. The lowest BCUT2D eigenvalue weighted by Crippen LogP contribution is -2.15. The molecule has 0 fully saturated rings. The molecule has 3 heterocycles. The molecule has 3 rings (SSSR count). The van der Waals surface area contributed by atoms with Crippen molar-refractivity contribution in [2.24, 2.45) is 0 Å². The fraction of sp³-hybridized carbons (Fsp3) is 0.188. The van der Waals surface area contributed by atoms with Crippen LogP contribution in [0.1, 0.15) is 33.5 Å². The third-order valence-corrected chi connectivity index (χ3v) is 3.35. The van der Waals surface area contributed by atoms with Gasteiger partial charge in [-0.1, -0.05) is 0 Å². The molecule has 22 heavy (non-hydrogen) atoms. The molecule has 3 aromatic rings. The molecule has 3 aromatic heterocycles. The average molecular weight is 291 g/mol. The predicted octanol–water partition coefficient (Wildman–Crippen LogP) is 2.23. The van der Waals surface area contributed by atoms with Crippen LogP contribution >= 0.6 is 0 Å². The maximum atomic E-state index is 12.6. The highest BCUT2D eigenvalue weighted by atomic mass is 16.1. The number of Topliss-reactive ketones (excluding diaryl/α,β-unsaturated/α-hetero) is 1. The highest BCUT2D eigenvalue weighted by Gasteiger charge is 2.25. The lowest BCUT2D eigenvalue weighted by Gasteiger charge is -2.09. The second kappa shape index (κ2) is 5.37. The van der Waals surface area contributed by atoms with Gasteiger partial charge in [-0.2, -0.15) is 5.26 Å². The summed E-state index contributed by atoms with van der Waals surface area (Å²) in [7, 11) is 0. The van der Waals surface area contributed by atoms with Crippen LogP contribution in [0.2, 0.25) is 0 Å². The van der Waals surface area contributed by atoms with Crippen LogP contribution in [-0.2, 0) is 0 Å². The lowest BCUT2D eigenvalue weighted by molar-refractivity contribution is 0.0976. The number of pyridine rings is 1. The van der Waals surface area contributed by atoms with E-state index < -0.39 is 5.92 Å². The molecule has 6 heteroatoms. The van der Waals surface area contributed by atoms with E-state index in [2.05, 4.69) is 15.0 Å². The van der Waals surface area contributed by atoms with Crippen molar-refractivity contribution in [3.63, 3.8) is 0 Å². The van der Waals surface area contributed by atoms with Crippen molar-refractivity contribution in [2.45, 2.75) is 19.8 Å². The minimum atomic E-state index is -1.01. The molecule has 6 nitrogen and oxygen atoms in total. The zero-order chi connectivity index (χ0) is 15.7. The van der Waals surface area contributed by atoms with Crippen LogP contribution in [0.4, 0.5) is 0 Å². The van der Waals surface area contributed by atoms with Gasteiger partial charge in [0.25, 0.3) is 0 Å². The molecule has 0 aliphatic carbocycles. The third-order valence-electron chi connectivity index (χ3n) is 3.35. The number of aromatic nitrogens is 4. The van der Waals surface area contributed by atoms with Gasteiger partial charge in [-0.25, -0.2) is 15.0 Å². The SMILES string of the molecule is Cc1cc(C)nc(C(C#N)C(=O)c2ccn3cncc3c2)n1. The first-order valence-corrected chi connectivity index (χ1v) is 6.76. The van der Waals surface area contributed by atoms with Crippen molar-refractivity contribution in [2.75, 3.05) is 0 Å². The van der Waals surface area contributed by atoms with Crippen molar-refractivity contribution in [3.05, 3.63) is 59.7 Å². The topological polar surface area (TPSA) is 83.9 Å². The molecule has 0 spiro atoms. The molecular weight excluding hydrogens is 278 g/mol. The Morgan fingerprint density at radius 2 is 2.00 bits per heavy atom. The number of rotatable bonds is 3. The predicted molar refractivity (Wildman–Crippen MR) is 79.4 cm³/mol. The Hall–Kier alpha value is -3.07. The Bertz CT molecular complexity index is 886. The lowest BCUT2D eigenvalue weighted by atomic mass is 9.98. The smallest absolute Gasteiger partial charge is 0.187 e. The van der Waals surface area contributed by atoms with Gasteiger partial charge in [0, 0.05) is 23.1 Å². The van der Waals surface area contributed by atoms with Gasteiger partial charge in [0.05, 0.1) is 24.1 Å². The van der Waals surface area contributed by atoms with Crippen molar-refractivity contribution in [1.82, 2.24) is 19.4 Å². The molecule has 0 aliphatic rings. The first kappa shape index (κ1) is 13.9. The molecule has 0 amide bonds. The summed E-state index contributed by atoms with van der Waals surface area (Å²) in [6.07, 6.45) is 5.05. The van der Waals surface area contributed by atoms with Crippen LogP contribution in [0, 0.1) is 25.2 Å². The highest BCUT2D eigenvalue weighted by Crippen LogP contribution is 2.19. The molecule has 0 saturated heterocycles. The molecule has 0 aliphatic heterocycles. The normalized spacial score (nSPS) is 12.0. The second-order valence-corrected chi connectivity index (χ2v) is 5.08. The molecule has 0 radical (unpaired) electrons. The van der Waals surface area contributed by atoms with Crippen LogP contribution in [0.3, 0.4) is 0 Å². The molecular formula is C16H13N5O. The second-order valence-electron chi connectivity index (χ2n) is 5.08. The van der Waals surface area contributed by atoms with E-state index in [4.69, 9.17) is 0 Å². The van der Waals surface area contributed by atoms with Gasteiger partial charge in [-0.05, 0) is 32.0 Å². The highest BCUT2D eigenvalue weighted by molar-refractivity contribution is 6.02. The van der Waals surface area contributed by atoms with Gasteiger partial charge < -0.3 is 4.40 Å². The Morgan fingerprint density at radius 1 is 1.27 bits per heavy atom. The van der Waals surface area contributed by atoms with E-state index in [1.54, 1.807) is 41.3 Å². The van der Waals surface area contributed by atoms with E-state index in [1.807, 2.05) is 19.9 Å². The molecule has 1 unspecified atom stereocenters. The van der Waals surface area contributed by atoms with E-state index in [1.165, 1.54) is 0 Å². The fourth-order valence-corrected chi connectivity index (χ4v) is 2.36. The molecule has 108 valence electrons. The fourth-order valence-electron chi connectivity index (χ4n) is 2.36. The van der Waals surface area contributed by atoms with Gasteiger partial charge >= 0.3 is 0 Å². The number of nitrogens with zero attached hydrogens (tertiary/aromatic N) is 5. The van der Waals surface area contributed by atoms with Gasteiger partial charge in [-0.3, -0.25) is 4.79 Å². The zero-order valence-electron chi connectivity index (χ0n) is 12.2. The summed E-state index contributed by atoms with van der Waals surface area (Å²) in [5, 5.41) is 9.40. The number of imidazole rings is 1. The first-order valence-electron chi connectivity index (χ1n) is 6.76. The minimum Gasteiger partial charge on any atom is -0.306 e. The van der Waals surface area contributed by atoms with Crippen LogP contribution in [-0.4, -0.2) is 25.1 Å². The Morgan fingerprint density at radius 3 is 2.68 bits per heavy atom. The monoisotopic (exact) mass is 291 g/mol. The molecule has 0 N–H and O–H groups in total. The summed E-state index contributed by atoms with van der Waals surface area (Å²) >= 11 is 0. The van der Waals surface area contributed by atoms with Gasteiger partial charge in [0.15, 0.2) is 17.5 Å². The number of aryl methyl sites for hydroxylation is 2. The van der Waals surface area contributed by atoms with Crippen LogP contribution in [0.15, 0.2) is 36.9 Å². The van der Waals surface area contributed by atoms with Crippen molar-refractivity contribution >= 4 is 11.3 Å². The summed E-state index contributed by atoms with van der Waals surface area (Å²) in [6.45, 7) is 3.63. The van der Waals surface area contributed by atoms with E-state index in [-0.39, 0.29) is 11.6 Å². The summed E-state index contributed by atoms with van der Waals surface area (Å²) in [5.74, 6) is -1.07. The Balaban J connectivity index is 2.02. The molecule has 0 saturated carbocycles. The van der Waals surface area contributed by atoms with Gasteiger partial charge in [0.1, 0.15) is 0 Å². The Kier molecular flexibility index (Phi) is 3.39. The van der Waals surface area contributed by atoms with E-state index in [9.17, 15) is 10.1 Å². The number of carbonyl (C=O) groups excluding carboxylic acids is 1. The quantitative estimate of drug-likeness (QED) is 0.691. The van der Waals surface area contributed by atoms with E-state index in [0.29, 0.717) is 5.56 Å². The van der Waals surface area contributed by atoms with Crippen molar-refractivity contribution in [1.29, 1.82) is 5.26 Å².